The van der Waals surface area contributed by atoms with Gasteiger partial charge >= 0.3 is 0 Å². The van der Waals surface area contributed by atoms with Crippen LogP contribution < -0.4 is 0 Å². The first kappa shape index (κ1) is 16.6. The molecule has 0 saturated carbocycles. The molecule has 1 aliphatic rings. The SMILES string of the molecule is Oc1cccc(C2=NC(c3ccccc3)=NC(c3ccc(Cl)cc3)C2)c1. The standard InChI is InChI=1S/C22H17ClN2O/c23-18-11-9-15(10-12-18)20-14-21(17-7-4-8-19(26)13-17)25-22(24-20)16-5-2-1-3-6-16/h1-13,20,26H,14H2. The third-order valence-electron chi connectivity index (χ3n) is 4.37. The predicted octanol–water partition coefficient (Wildman–Crippen LogP) is 5.43. The van der Waals surface area contributed by atoms with Crippen molar-refractivity contribution in [2.24, 2.45) is 9.98 Å². The maximum absolute atomic E-state index is 9.84. The third-order valence-corrected chi connectivity index (χ3v) is 4.62. The van der Waals surface area contributed by atoms with Crippen LogP contribution in [0.1, 0.15) is 29.2 Å². The lowest BCUT2D eigenvalue weighted by Crippen LogP contribution is -2.17. The minimum Gasteiger partial charge on any atom is -0.508 e. The van der Waals surface area contributed by atoms with Gasteiger partial charge in [0, 0.05) is 17.0 Å². The first-order valence-electron chi connectivity index (χ1n) is 8.45. The van der Waals surface area contributed by atoms with E-state index in [1.165, 1.54) is 0 Å². The number of rotatable bonds is 3. The second kappa shape index (κ2) is 7.14. The fourth-order valence-electron chi connectivity index (χ4n) is 3.05. The number of hydrogen-bond acceptors (Lipinski definition) is 3. The summed E-state index contributed by atoms with van der Waals surface area (Å²) in [5.74, 6) is 0.937. The Labute approximate surface area is 157 Å². The number of phenols is 1. The molecule has 1 aliphatic heterocycles. The molecule has 3 aromatic carbocycles. The van der Waals surface area contributed by atoms with E-state index < -0.39 is 0 Å². The summed E-state index contributed by atoms with van der Waals surface area (Å²) in [6, 6.07) is 24.9. The molecule has 0 aromatic heterocycles. The van der Waals surface area contributed by atoms with Crippen LogP contribution in [0, 0.1) is 0 Å². The first-order valence-corrected chi connectivity index (χ1v) is 8.82. The minimum absolute atomic E-state index is 0.0441. The smallest absolute Gasteiger partial charge is 0.155 e. The highest BCUT2D eigenvalue weighted by atomic mass is 35.5. The van der Waals surface area contributed by atoms with Crippen LogP contribution in [0.4, 0.5) is 0 Å². The molecule has 1 atom stereocenters. The third kappa shape index (κ3) is 3.53. The van der Waals surface area contributed by atoms with Gasteiger partial charge in [0.1, 0.15) is 5.75 Å². The van der Waals surface area contributed by atoms with Crippen LogP contribution in [0.3, 0.4) is 0 Å². The Bertz CT molecular complexity index is 979. The van der Waals surface area contributed by atoms with E-state index >= 15 is 0 Å². The van der Waals surface area contributed by atoms with Gasteiger partial charge < -0.3 is 5.11 Å². The Morgan fingerprint density at radius 1 is 0.846 bits per heavy atom. The summed E-state index contributed by atoms with van der Waals surface area (Å²) < 4.78 is 0. The molecule has 4 heteroatoms. The van der Waals surface area contributed by atoms with Crippen molar-refractivity contribution in [3.05, 3.63) is 101 Å². The van der Waals surface area contributed by atoms with Crippen molar-refractivity contribution >= 4 is 23.1 Å². The lowest BCUT2D eigenvalue weighted by molar-refractivity contribution is 0.475. The van der Waals surface area contributed by atoms with Gasteiger partial charge in [-0.3, -0.25) is 4.99 Å². The van der Waals surface area contributed by atoms with E-state index in [1.54, 1.807) is 12.1 Å². The van der Waals surface area contributed by atoms with Gasteiger partial charge in [-0.1, -0.05) is 66.2 Å². The second-order valence-electron chi connectivity index (χ2n) is 6.20. The van der Waals surface area contributed by atoms with Crippen LogP contribution in [0.2, 0.25) is 5.02 Å². The molecule has 0 aliphatic carbocycles. The lowest BCUT2D eigenvalue weighted by Gasteiger charge is -2.21. The van der Waals surface area contributed by atoms with Gasteiger partial charge in [-0.05, 0) is 35.4 Å². The van der Waals surface area contributed by atoms with E-state index in [9.17, 15) is 5.11 Å². The largest absolute Gasteiger partial charge is 0.508 e. The molecular weight excluding hydrogens is 344 g/mol. The molecule has 26 heavy (non-hydrogen) atoms. The summed E-state index contributed by atoms with van der Waals surface area (Å²) in [6.45, 7) is 0. The average molecular weight is 361 g/mol. The maximum atomic E-state index is 9.84. The molecule has 1 unspecified atom stereocenters. The number of phenolic OH excluding ortho intramolecular Hbond substituents is 1. The Morgan fingerprint density at radius 2 is 1.58 bits per heavy atom. The number of aromatic hydroxyl groups is 1. The Balaban J connectivity index is 1.79. The Morgan fingerprint density at radius 3 is 2.31 bits per heavy atom. The Kier molecular flexibility index (Phi) is 4.55. The highest BCUT2D eigenvalue weighted by Crippen LogP contribution is 2.30. The maximum Gasteiger partial charge on any atom is 0.155 e. The molecule has 3 aromatic rings. The van der Waals surface area contributed by atoms with Crippen molar-refractivity contribution in [3.8, 4) is 5.75 Å². The van der Waals surface area contributed by atoms with Gasteiger partial charge in [-0.15, -0.1) is 0 Å². The van der Waals surface area contributed by atoms with Crippen LogP contribution >= 0.6 is 11.6 Å². The van der Waals surface area contributed by atoms with Crippen molar-refractivity contribution in [1.82, 2.24) is 0 Å². The highest BCUT2D eigenvalue weighted by molar-refractivity contribution is 6.30. The molecule has 0 saturated heterocycles. The number of benzene rings is 3. The van der Waals surface area contributed by atoms with E-state index in [2.05, 4.69) is 0 Å². The summed E-state index contributed by atoms with van der Waals surface area (Å²) in [5.41, 5.74) is 3.89. The zero-order valence-electron chi connectivity index (χ0n) is 14.0. The van der Waals surface area contributed by atoms with E-state index in [0.29, 0.717) is 17.3 Å². The van der Waals surface area contributed by atoms with Gasteiger partial charge in [-0.2, -0.15) is 0 Å². The molecule has 0 fully saturated rings. The normalized spacial score (nSPS) is 16.7. The van der Waals surface area contributed by atoms with Crippen LogP contribution in [0.5, 0.6) is 5.75 Å². The van der Waals surface area contributed by atoms with Gasteiger partial charge in [0.15, 0.2) is 5.84 Å². The number of aliphatic imine (C=N–C) groups is 2. The zero-order chi connectivity index (χ0) is 17.9. The fourth-order valence-corrected chi connectivity index (χ4v) is 3.18. The number of halogens is 1. The first-order chi connectivity index (χ1) is 12.7. The topological polar surface area (TPSA) is 45.0 Å². The van der Waals surface area contributed by atoms with Gasteiger partial charge in [0.25, 0.3) is 0 Å². The van der Waals surface area contributed by atoms with Crippen LogP contribution in [0.25, 0.3) is 0 Å². The fraction of sp³-hybridized carbons (Fsp3) is 0.0909. The van der Waals surface area contributed by atoms with E-state index in [-0.39, 0.29) is 11.8 Å². The molecule has 0 amide bonds. The predicted molar refractivity (Wildman–Crippen MR) is 106 cm³/mol. The van der Waals surface area contributed by atoms with Gasteiger partial charge in [0.05, 0.1) is 11.8 Å². The molecule has 3 nitrogen and oxygen atoms in total. The van der Waals surface area contributed by atoms with E-state index in [0.717, 1.165) is 22.4 Å². The van der Waals surface area contributed by atoms with Crippen LogP contribution in [-0.2, 0) is 0 Å². The number of amidine groups is 1. The van der Waals surface area contributed by atoms with Gasteiger partial charge in [0.2, 0.25) is 0 Å². The summed E-state index contributed by atoms with van der Waals surface area (Å²) >= 11 is 6.03. The summed E-state index contributed by atoms with van der Waals surface area (Å²) in [7, 11) is 0. The number of hydrogen-bond donors (Lipinski definition) is 1. The number of nitrogens with zero attached hydrogens (tertiary/aromatic N) is 2. The van der Waals surface area contributed by atoms with Crippen LogP contribution in [-0.4, -0.2) is 16.7 Å². The highest BCUT2D eigenvalue weighted by Gasteiger charge is 2.22. The molecule has 1 heterocycles. The van der Waals surface area contributed by atoms with E-state index in [1.807, 2.05) is 66.7 Å². The molecule has 1 N–H and O–H groups in total. The lowest BCUT2D eigenvalue weighted by atomic mass is 9.95. The quantitative estimate of drug-likeness (QED) is 0.665. The molecule has 0 spiro atoms. The van der Waals surface area contributed by atoms with Crippen molar-refractivity contribution in [1.29, 1.82) is 0 Å². The van der Waals surface area contributed by atoms with Crippen molar-refractivity contribution in [2.75, 3.05) is 0 Å². The van der Waals surface area contributed by atoms with Crippen molar-refractivity contribution < 1.29 is 5.11 Å². The molecule has 128 valence electrons. The molecule has 4 rings (SSSR count). The summed E-state index contributed by atoms with van der Waals surface area (Å²) in [5, 5.41) is 10.5. The summed E-state index contributed by atoms with van der Waals surface area (Å²) in [6.07, 6.45) is 0.668. The van der Waals surface area contributed by atoms with Crippen molar-refractivity contribution in [2.45, 2.75) is 12.5 Å². The molecule has 0 bridgehead atoms. The summed E-state index contributed by atoms with van der Waals surface area (Å²) in [4.78, 5) is 9.66. The average Bonchev–Trinajstić information content (AvgIpc) is 2.69. The minimum atomic E-state index is -0.0441. The zero-order valence-corrected chi connectivity index (χ0v) is 14.8. The van der Waals surface area contributed by atoms with Gasteiger partial charge in [-0.25, -0.2) is 4.99 Å². The molecule has 0 radical (unpaired) electrons. The molecular formula is C22H17ClN2O. The van der Waals surface area contributed by atoms with Crippen molar-refractivity contribution in [3.63, 3.8) is 0 Å². The Hall–Kier alpha value is -2.91. The second-order valence-corrected chi connectivity index (χ2v) is 6.64. The monoisotopic (exact) mass is 360 g/mol. The van der Waals surface area contributed by atoms with Crippen LogP contribution in [0.15, 0.2) is 88.8 Å². The van der Waals surface area contributed by atoms with E-state index in [4.69, 9.17) is 21.6 Å².